The van der Waals surface area contributed by atoms with Gasteiger partial charge in [0, 0.05) is 5.69 Å². The first-order valence-electron chi connectivity index (χ1n) is 5.54. The van der Waals surface area contributed by atoms with Gasteiger partial charge >= 0.3 is 5.97 Å². The van der Waals surface area contributed by atoms with Crippen LogP contribution in [0.5, 0.6) is 0 Å². The van der Waals surface area contributed by atoms with Crippen LogP contribution in [0.25, 0.3) is 0 Å². The van der Waals surface area contributed by atoms with Crippen molar-refractivity contribution in [3.8, 4) is 0 Å². The molecule has 0 aliphatic heterocycles. The summed E-state index contributed by atoms with van der Waals surface area (Å²) in [6.45, 7) is 3.49. The molecule has 0 spiro atoms. The van der Waals surface area contributed by atoms with E-state index in [2.05, 4.69) is 16.6 Å². The monoisotopic (exact) mass is 284 g/mol. The van der Waals surface area contributed by atoms with Crippen molar-refractivity contribution >= 4 is 21.7 Å². The van der Waals surface area contributed by atoms with E-state index in [4.69, 9.17) is 5.11 Å². The Balaban J connectivity index is 2.87. The summed E-state index contributed by atoms with van der Waals surface area (Å²) in [5.74, 6) is -0.994. The highest BCUT2D eigenvalue weighted by Gasteiger charge is 2.16. The number of nitrogens with one attached hydrogen (secondary N) is 2. The lowest BCUT2D eigenvalue weighted by Crippen LogP contribution is -2.28. The van der Waals surface area contributed by atoms with Crippen LogP contribution in [-0.2, 0) is 14.8 Å². The molecule has 0 aliphatic carbocycles. The average Bonchev–Trinajstić information content (AvgIpc) is 2.38. The molecular formula is C12H16N2O4S. The van der Waals surface area contributed by atoms with E-state index in [0.29, 0.717) is 5.69 Å². The summed E-state index contributed by atoms with van der Waals surface area (Å²) in [5.41, 5.74) is 0.532. The number of hydrogen-bond acceptors (Lipinski definition) is 4. The highest BCUT2D eigenvalue weighted by atomic mass is 32.2. The fourth-order valence-electron chi connectivity index (χ4n) is 1.44. The van der Waals surface area contributed by atoms with Gasteiger partial charge in [0.2, 0.25) is 10.0 Å². The second-order valence-electron chi connectivity index (χ2n) is 3.79. The molecule has 3 N–H and O–H groups in total. The molecule has 0 radical (unpaired) electrons. The summed E-state index contributed by atoms with van der Waals surface area (Å²) in [4.78, 5) is 11.1. The highest BCUT2D eigenvalue weighted by molar-refractivity contribution is 7.89. The van der Waals surface area contributed by atoms with E-state index in [0.717, 1.165) is 0 Å². The minimum Gasteiger partial charge on any atom is -0.480 e. The third-order valence-electron chi connectivity index (χ3n) is 2.47. The van der Waals surface area contributed by atoms with Crippen LogP contribution in [0.15, 0.2) is 41.8 Å². The van der Waals surface area contributed by atoms with Crippen molar-refractivity contribution in [3.63, 3.8) is 0 Å². The smallest absolute Gasteiger partial charge is 0.326 e. The molecule has 1 aromatic carbocycles. The second-order valence-corrected chi connectivity index (χ2v) is 5.68. The van der Waals surface area contributed by atoms with Gasteiger partial charge in [-0.05, 0) is 37.7 Å². The molecule has 0 aliphatic rings. The van der Waals surface area contributed by atoms with Gasteiger partial charge in [-0.2, -0.15) is 0 Å². The summed E-state index contributed by atoms with van der Waals surface area (Å²) in [6.07, 6.45) is 1.78. The van der Waals surface area contributed by atoms with Gasteiger partial charge in [-0.25, -0.2) is 17.9 Å². The SMILES string of the molecule is C=CCC(Nc1ccc(S(=O)(=O)NC)cc1)C(=O)O. The first-order chi connectivity index (χ1) is 8.90. The molecule has 19 heavy (non-hydrogen) atoms. The van der Waals surface area contributed by atoms with E-state index < -0.39 is 22.0 Å². The number of aliphatic carboxylic acids is 1. The van der Waals surface area contributed by atoms with Gasteiger partial charge in [0.25, 0.3) is 0 Å². The van der Waals surface area contributed by atoms with E-state index in [1.54, 1.807) is 0 Å². The van der Waals surface area contributed by atoms with Gasteiger partial charge < -0.3 is 10.4 Å². The van der Waals surface area contributed by atoms with Crippen LogP contribution in [0.1, 0.15) is 6.42 Å². The molecule has 1 atom stereocenters. The summed E-state index contributed by atoms with van der Waals surface area (Å²) in [6, 6.07) is 5.05. The van der Waals surface area contributed by atoms with Crippen LogP contribution < -0.4 is 10.0 Å². The van der Waals surface area contributed by atoms with Gasteiger partial charge in [0.1, 0.15) is 6.04 Å². The van der Waals surface area contributed by atoms with Crippen molar-refractivity contribution in [3.05, 3.63) is 36.9 Å². The highest BCUT2D eigenvalue weighted by Crippen LogP contribution is 2.15. The van der Waals surface area contributed by atoms with E-state index >= 15 is 0 Å². The lowest BCUT2D eigenvalue weighted by atomic mass is 10.2. The van der Waals surface area contributed by atoms with E-state index in [-0.39, 0.29) is 11.3 Å². The number of rotatable bonds is 7. The maximum absolute atomic E-state index is 11.5. The standard InChI is InChI=1S/C12H16N2O4S/c1-3-4-11(12(15)16)14-9-5-7-10(8-6-9)19(17,18)13-2/h3,5-8,11,13-14H,1,4H2,2H3,(H,15,16). The number of benzene rings is 1. The van der Waals surface area contributed by atoms with Gasteiger partial charge in [-0.1, -0.05) is 6.08 Å². The molecule has 1 aromatic rings. The predicted molar refractivity (Wildman–Crippen MR) is 72.5 cm³/mol. The van der Waals surface area contributed by atoms with Crippen LogP contribution in [0.4, 0.5) is 5.69 Å². The minimum absolute atomic E-state index is 0.121. The molecule has 104 valence electrons. The largest absolute Gasteiger partial charge is 0.480 e. The maximum atomic E-state index is 11.5. The zero-order chi connectivity index (χ0) is 14.5. The third kappa shape index (κ3) is 4.08. The maximum Gasteiger partial charge on any atom is 0.326 e. The number of hydrogen-bond donors (Lipinski definition) is 3. The Morgan fingerprint density at radius 1 is 1.42 bits per heavy atom. The van der Waals surface area contributed by atoms with Crippen LogP contribution in [0.2, 0.25) is 0 Å². The van der Waals surface area contributed by atoms with Crippen molar-refractivity contribution < 1.29 is 18.3 Å². The Morgan fingerprint density at radius 3 is 2.42 bits per heavy atom. The molecule has 1 unspecified atom stereocenters. The van der Waals surface area contributed by atoms with Gasteiger partial charge in [0.15, 0.2) is 0 Å². The first-order valence-corrected chi connectivity index (χ1v) is 7.03. The second kappa shape index (κ2) is 6.35. The molecule has 0 amide bonds. The van der Waals surface area contributed by atoms with E-state index in [1.165, 1.54) is 37.4 Å². The molecule has 7 heteroatoms. The molecule has 0 heterocycles. The van der Waals surface area contributed by atoms with Crippen molar-refractivity contribution in [2.24, 2.45) is 0 Å². The van der Waals surface area contributed by atoms with Gasteiger partial charge in [-0.15, -0.1) is 6.58 Å². The number of sulfonamides is 1. The van der Waals surface area contributed by atoms with E-state index in [1.807, 2.05) is 0 Å². The first kappa shape index (κ1) is 15.2. The normalized spacial score (nSPS) is 12.7. The van der Waals surface area contributed by atoms with Crippen LogP contribution in [0.3, 0.4) is 0 Å². The lowest BCUT2D eigenvalue weighted by molar-refractivity contribution is -0.137. The van der Waals surface area contributed by atoms with Crippen molar-refractivity contribution in [2.75, 3.05) is 12.4 Å². The molecule has 0 fully saturated rings. The molecule has 0 bridgehead atoms. The zero-order valence-corrected chi connectivity index (χ0v) is 11.3. The molecular weight excluding hydrogens is 268 g/mol. The quantitative estimate of drug-likeness (QED) is 0.650. The van der Waals surface area contributed by atoms with Crippen LogP contribution >= 0.6 is 0 Å². The van der Waals surface area contributed by atoms with Gasteiger partial charge in [-0.3, -0.25) is 0 Å². The molecule has 6 nitrogen and oxygen atoms in total. The Kier molecular flexibility index (Phi) is 5.08. The van der Waals surface area contributed by atoms with Crippen LogP contribution in [0, 0.1) is 0 Å². The average molecular weight is 284 g/mol. The van der Waals surface area contributed by atoms with Crippen LogP contribution in [-0.4, -0.2) is 32.6 Å². The topological polar surface area (TPSA) is 95.5 Å². The molecule has 1 rings (SSSR count). The third-order valence-corrected chi connectivity index (χ3v) is 3.90. The predicted octanol–water partition coefficient (Wildman–Crippen LogP) is 1.04. The molecule has 0 aromatic heterocycles. The fraction of sp³-hybridized carbons (Fsp3) is 0.250. The lowest BCUT2D eigenvalue weighted by Gasteiger charge is -2.14. The zero-order valence-electron chi connectivity index (χ0n) is 10.5. The van der Waals surface area contributed by atoms with E-state index in [9.17, 15) is 13.2 Å². The van der Waals surface area contributed by atoms with Gasteiger partial charge in [0.05, 0.1) is 4.90 Å². The fourth-order valence-corrected chi connectivity index (χ4v) is 2.17. The Morgan fingerprint density at radius 2 is 2.00 bits per heavy atom. The summed E-state index contributed by atoms with van der Waals surface area (Å²) >= 11 is 0. The Hall–Kier alpha value is -1.86. The Bertz CT molecular complexity index is 552. The summed E-state index contributed by atoms with van der Waals surface area (Å²) in [7, 11) is -2.15. The number of anilines is 1. The number of carbonyl (C=O) groups is 1. The molecule has 0 saturated heterocycles. The summed E-state index contributed by atoms with van der Waals surface area (Å²) in [5, 5.41) is 11.8. The Labute approximate surface area is 112 Å². The minimum atomic E-state index is -3.48. The molecule has 0 saturated carbocycles. The summed E-state index contributed by atoms with van der Waals surface area (Å²) < 4.78 is 25.2. The van der Waals surface area contributed by atoms with Crippen molar-refractivity contribution in [1.82, 2.24) is 4.72 Å². The number of carboxylic acids is 1. The van der Waals surface area contributed by atoms with Crippen molar-refractivity contribution in [1.29, 1.82) is 0 Å². The van der Waals surface area contributed by atoms with Crippen molar-refractivity contribution in [2.45, 2.75) is 17.4 Å². The number of carboxylic acid groups (broad SMARTS) is 1.